The summed E-state index contributed by atoms with van der Waals surface area (Å²) >= 11 is 0. The fourth-order valence-corrected chi connectivity index (χ4v) is 3.26. The highest BCUT2D eigenvalue weighted by molar-refractivity contribution is 6.01. The molecule has 2 heterocycles. The molecule has 0 aromatic heterocycles. The van der Waals surface area contributed by atoms with E-state index >= 15 is 0 Å². The van der Waals surface area contributed by atoms with Crippen LogP contribution in [0.3, 0.4) is 0 Å². The van der Waals surface area contributed by atoms with Crippen LogP contribution < -0.4 is 10.6 Å². The van der Waals surface area contributed by atoms with Gasteiger partial charge in [-0.3, -0.25) is 9.59 Å². The molecule has 23 heavy (non-hydrogen) atoms. The molecule has 3 N–H and O–H groups in total. The molecule has 0 bridgehead atoms. The first-order valence-corrected chi connectivity index (χ1v) is 7.64. The molecule has 3 amide bonds. The van der Waals surface area contributed by atoms with Crippen LogP contribution in [-0.4, -0.2) is 41.0 Å². The van der Waals surface area contributed by atoms with Crippen molar-refractivity contribution in [1.82, 2.24) is 10.2 Å². The third-order valence-corrected chi connectivity index (χ3v) is 4.38. The van der Waals surface area contributed by atoms with Crippen molar-refractivity contribution in [2.75, 3.05) is 18.4 Å². The van der Waals surface area contributed by atoms with E-state index in [0.717, 1.165) is 5.56 Å². The number of anilines is 1. The maximum absolute atomic E-state index is 12.5. The summed E-state index contributed by atoms with van der Waals surface area (Å²) in [5, 5.41) is 14.7. The number of fused-ring (bicyclic) bond motifs is 1. The molecule has 2 aliphatic heterocycles. The van der Waals surface area contributed by atoms with E-state index < -0.39 is 11.9 Å². The average molecular weight is 317 g/mol. The van der Waals surface area contributed by atoms with Crippen molar-refractivity contribution in [3.63, 3.8) is 0 Å². The van der Waals surface area contributed by atoms with E-state index in [-0.39, 0.29) is 24.4 Å². The van der Waals surface area contributed by atoms with Crippen molar-refractivity contribution >= 4 is 23.6 Å². The number of rotatable bonds is 2. The Morgan fingerprint density at radius 2 is 2.13 bits per heavy atom. The molecule has 0 saturated carbocycles. The first-order valence-electron chi connectivity index (χ1n) is 7.64. The van der Waals surface area contributed by atoms with Crippen molar-refractivity contribution in [1.29, 1.82) is 0 Å². The highest BCUT2D eigenvalue weighted by atomic mass is 16.4. The number of likely N-dealkylation sites (tertiary alicyclic amines) is 1. The van der Waals surface area contributed by atoms with Gasteiger partial charge >= 0.3 is 12.0 Å². The van der Waals surface area contributed by atoms with Gasteiger partial charge in [0, 0.05) is 36.4 Å². The number of hydrogen-bond acceptors (Lipinski definition) is 3. The zero-order valence-electron chi connectivity index (χ0n) is 12.8. The predicted molar refractivity (Wildman–Crippen MR) is 83.1 cm³/mol. The second-order valence-corrected chi connectivity index (χ2v) is 6.23. The second-order valence-electron chi connectivity index (χ2n) is 6.23. The van der Waals surface area contributed by atoms with E-state index in [4.69, 9.17) is 0 Å². The molecule has 2 atom stereocenters. The molecule has 2 aliphatic rings. The molecular weight excluding hydrogens is 298 g/mol. The fourth-order valence-electron chi connectivity index (χ4n) is 3.26. The Kier molecular flexibility index (Phi) is 3.94. The van der Waals surface area contributed by atoms with E-state index in [1.165, 1.54) is 4.90 Å². The standard InChI is InChI=1S/C16H19N3O4/c1-9-5-10(15(21)22)8-19(7-9)16(23)18-13-4-2-3-11-12(13)6-17-14(11)20/h2-4,9-10H,5-8H2,1H3,(H,17,20)(H,18,23)(H,21,22). The number of carboxylic acid groups (broad SMARTS) is 1. The molecule has 7 heteroatoms. The summed E-state index contributed by atoms with van der Waals surface area (Å²) in [5.74, 6) is -1.41. The van der Waals surface area contributed by atoms with Gasteiger partial charge in [0.25, 0.3) is 5.91 Å². The lowest BCUT2D eigenvalue weighted by molar-refractivity contribution is -0.143. The molecule has 1 saturated heterocycles. The summed E-state index contributed by atoms with van der Waals surface area (Å²) in [6.07, 6.45) is 0.582. The molecule has 0 radical (unpaired) electrons. The molecule has 1 aromatic rings. The number of nitrogens with one attached hydrogen (secondary N) is 2. The lowest BCUT2D eigenvalue weighted by atomic mass is 9.91. The highest BCUT2D eigenvalue weighted by Crippen LogP contribution is 2.26. The largest absolute Gasteiger partial charge is 0.481 e. The van der Waals surface area contributed by atoms with Crippen molar-refractivity contribution in [3.05, 3.63) is 29.3 Å². The van der Waals surface area contributed by atoms with Gasteiger partial charge in [-0.2, -0.15) is 0 Å². The zero-order valence-corrected chi connectivity index (χ0v) is 12.8. The number of amides is 3. The van der Waals surface area contributed by atoms with Crippen molar-refractivity contribution in [2.45, 2.75) is 19.9 Å². The molecule has 122 valence electrons. The molecule has 1 fully saturated rings. The number of carbonyl (C=O) groups excluding carboxylic acids is 2. The number of benzene rings is 1. The van der Waals surface area contributed by atoms with Crippen LogP contribution in [0.4, 0.5) is 10.5 Å². The minimum atomic E-state index is -0.871. The predicted octanol–water partition coefficient (Wildman–Crippen LogP) is 1.50. The molecule has 0 spiro atoms. The minimum Gasteiger partial charge on any atom is -0.481 e. The van der Waals surface area contributed by atoms with Gasteiger partial charge in [-0.15, -0.1) is 0 Å². The molecule has 7 nitrogen and oxygen atoms in total. The van der Waals surface area contributed by atoms with Gasteiger partial charge in [0.2, 0.25) is 0 Å². The third-order valence-electron chi connectivity index (χ3n) is 4.38. The Bertz CT molecular complexity index is 673. The van der Waals surface area contributed by atoms with Gasteiger partial charge < -0.3 is 20.6 Å². The molecule has 0 aliphatic carbocycles. The maximum Gasteiger partial charge on any atom is 0.321 e. The average Bonchev–Trinajstić information content (AvgIpc) is 2.89. The van der Waals surface area contributed by atoms with Crippen LogP contribution >= 0.6 is 0 Å². The summed E-state index contributed by atoms with van der Waals surface area (Å²) in [7, 11) is 0. The number of urea groups is 1. The summed E-state index contributed by atoms with van der Waals surface area (Å²) in [5.41, 5.74) is 1.93. The normalized spacial score (nSPS) is 23.2. The summed E-state index contributed by atoms with van der Waals surface area (Å²) < 4.78 is 0. The first kappa shape index (κ1) is 15.3. The Labute approximate surface area is 133 Å². The molecule has 3 rings (SSSR count). The lowest BCUT2D eigenvalue weighted by Gasteiger charge is -2.34. The van der Waals surface area contributed by atoms with Gasteiger partial charge in [-0.25, -0.2) is 4.79 Å². The number of piperidine rings is 1. The highest BCUT2D eigenvalue weighted by Gasteiger charge is 2.32. The summed E-state index contributed by atoms with van der Waals surface area (Å²) in [6, 6.07) is 4.86. The molecule has 1 aromatic carbocycles. The lowest BCUT2D eigenvalue weighted by Crippen LogP contribution is -2.47. The SMILES string of the molecule is CC1CC(C(=O)O)CN(C(=O)Nc2cccc3c2CNC3=O)C1. The molecular formula is C16H19N3O4. The number of carboxylic acids is 1. The van der Waals surface area contributed by atoms with E-state index in [1.54, 1.807) is 18.2 Å². The maximum atomic E-state index is 12.5. The number of carbonyl (C=O) groups is 3. The second kappa shape index (κ2) is 5.91. The summed E-state index contributed by atoms with van der Waals surface area (Å²) in [6.45, 7) is 3.07. The third kappa shape index (κ3) is 2.99. The minimum absolute atomic E-state index is 0.139. The number of hydrogen-bond donors (Lipinski definition) is 3. The van der Waals surface area contributed by atoms with Crippen LogP contribution in [0.1, 0.15) is 29.3 Å². The van der Waals surface area contributed by atoms with Gasteiger partial charge in [0.15, 0.2) is 0 Å². The number of nitrogens with zero attached hydrogens (tertiary/aromatic N) is 1. The van der Waals surface area contributed by atoms with Crippen LogP contribution in [0.2, 0.25) is 0 Å². The van der Waals surface area contributed by atoms with Crippen LogP contribution in [0, 0.1) is 11.8 Å². The van der Waals surface area contributed by atoms with E-state index in [0.29, 0.717) is 30.8 Å². The van der Waals surface area contributed by atoms with Gasteiger partial charge in [0.1, 0.15) is 0 Å². The van der Waals surface area contributed by atoms with Gasteiger partial charge in [-0.05, 0) is 24.5 Å². The fraction of sp³-hybridized carbons (Fsp3) is 0.438. The van der Waals surface area contributed by atoms with Gasteiger partial charge in [0.05, 0.1) is 5.92 Å². The smallest absolute Gasteiger partial charge is 0.321 e. The van der Waals surface area contributed by atoms with Gasteiger partial charge in [-0.1, -0.05) is 13.0 Å². The molecule has 2 unspecified atom stereocenters. The van der Waals surface area contributed by atoms with Crippen LogP contribution in [0.25, 0.3) is 0 Å². The van der Waals surface area contributed by atoms with Crippen LogP contribution in [-0.2, 0) is 11.3 Å². The topological polar surface area (TPSA) is 98.7 Å². The van der Waals surface area contributed by atoms with E-state index in [9.17, 15) is 19.5 Å². The Morgan fingerprint density at radius 3 is 2.87 bits per heavy atom. The van der Waals surface area contributed by atoms with E-state index in [1.807, 2.05) is 6.92 Å². The van der Waals surface area contributed by atoms with Crippen molar-refractivity contribution in [3.8, 4) is 0 Å². The quantitative estimate of drug-likeness (QED) is 0.770. The van der Waals surface area contributed by atoms with Crippen LogP contribution in [0.15, 0.2) is 18.2 Å². The monoisotopic (exact) mass is 317 g/mol. The van der Waals surface area contributed by atoms with E-state index in [2.05, 4.69) is 10.6 Å². The zero-order chi connectivity index (χ0) is 16.6. The Morgan fingerprint density at radius 1 is 1.35 bits per heavy atom. The number of aliphatic carboxylic acids is 1. The van der Waals surface area contributed by atoms with Crippen molar-refractivity contribution < 1.29 is 19.5 Å². The Balaban J connectivity index is 1.75. The van der Waals surface area contributed by atoms with Crippen LogP contribution in [0.5, 0.6) is 0 Å². The Hall–Kier alpha value is -2.57. The van der Waals surface area contributed by atoms with Crippen molar-refractivity contribution in [2.24, 2.45) is 11.8 Å². The first-order chi connectivity index (χ1) is 11.0. The summed E-state index contributed by atoms with van der Waals surface area (Å²) in [4.78, 5) is 36.9.